The fraction of sp³-hybridized carbons (Fsp3) is 0.391. The van der Waals surface area contributed by atoms with Gasteiger partial charge in [-0.1, -0.05) is 18.3 Å². The van der Waals surface area contributed by atoms with Crippen LogP contribution >= 0.6 is 11.5 Å². The fourth-order valence-electron chi connectivity index (χ4n) is 4.68. The van der Waals surface area contributed by atoms with E-state index in [1.165, 1.54) is 24.3 Å². The van der Waals surface area contributed by atoms with Gasteiger partial charge in [-0.05, 0) is 54.6 Å². The van der Waals surface area contributed by atoms with Gasteiger partial charge >= 0.3 is 5.97 Å². The number of carboxylic acids is 1. The summed E-state index contributed by atoms with van der Waals surface area (Å²) in [6.07, 6.45) is 4.41. The second kappa shape index (κ2) is 9.55. The molecule has 1 aromatic carbocycles. The highest BCUT2D eigenvalue weighted by molar-refractivity contribution is 7.03. The Balaban J connectivity index is 1.35. The second-order valence-electron chi connectivity index (χ2n) is 8.79. The number of carboxylic acid groups (broad SMARTS) is 1. The van der Waals surface area contributed by atoms with Gasteiger partial charge in [0.15, 0.2) is 23.4 Å². The average molecular weight is 496 g/mol. The molecule has 2 N–H and O–H groups in total. The van der Waals surface area contributed by atoms with Crippen molar-refractivity contribution in [2.24, 2.45) is 16.8 Å². The van der Waals surface area contributed by atoms with Gasteiger partial charge in [0.25, 0.3) is 0 Å². The maximum absolute atomic E-state index is 12.3. The third-order valence-corrected chi connectivity index (χ3v) is 7.07. The zero-order valence-corrected chi connectivity index (χ0v) is 20.1. The number of aromatic carboxylic acids is 1. The molecule has 0 saturated carbocycles. The number of hydroxylamine groups is 1. The lowest BCUT2D eigenvalue weighted by Gasteiger charge is -2.42. The molecule has 2 aromatic heterocycles. The number of piperidine rings is 1. The maximum atomic E-state index is 12.3. The predicted octanol–water partition coefficient (Wildman–Crippen LogP) is 3.62. The van der Waals surface area contributed by atoms with Crippen molar-refractivity contribution in [1.82, 2.24) is 25.0 Å². The van der Waals surface area contributed by atoms with Crippen LogP contribution < -0.4 is 15.1 Å². The lowest BCUT2D eigenvalue weighted by molar-refractivity contribution is 0.0341. The number of hydrogen-bond acceptors (Lipinski definition) is 11. The Kier molecular flexibility index (Phi) is 6.31. The lowest BCUT2D eigenvalue weighted by atomic mass is 9.78. The summed E-state index contributed by atoms with van der Waals surface area (Å²) in [6.45, 7) is 5.48. The van der Waals surface area contributed by atoms with E-state index in [0.717, 1.165) is 24.1 Å². The van der Waals surface area contributed by atoms with Crippen molar-refractivity contribution in [3.05, 3.63) is 41.5 Å². The summed E-state index contributed by atoms with van der Waals surface area (Å²) in [7, 11) is 0. The first-order valence-electron chi connectivity index (χ1n) is 11.3. The molecule has 12 heteroatoms. The molecule has 0 aliphatic carbocycles. The van der Waals surface area contributed by atoms with Gasteiger partial charge in [0.05, 0.1) is 0 Å². The minimum absolute atomic E-state index is 0.00167. The van der Waals surface area contributed by atoms with Crippen molar-refractivity contribution in [3.63, 3.8) is 0 Å². The van der Waals surface area contributed by atoms with Gasteiger partial charge in [-0.15, -0.1) is 10.6 Å². The highest BCUT2D eigenvalue weighted by Gasteiger charge is 2.46. The molecule has 35 heavy (non-hydrogen) atoms. The number of carbonyl (C=O) groups is 1. The number of benzene rings is 1. The van der Waals surface area contributed by atoms with Crippen LogP contribution in [0.3, 0.4) is 0 Å². The van der Waals surface area contributed by atoms with Gasteiger partial charge in [-0.2, -0.15) is 0 Å². The Labute approximate surface area is 206 Å². The molecule has 1 unspecified atom stereocenters. The maximum Gasteiger partial charge on any atom is 0.345 e. The third-order valence-electron chi connectivity index (χ3n) is 6.57. The number of aromatic nitrogens is 4. The smallest absolute Gasteiger partial charge is 0.345 e. The topological polar surface area (TPSA) is 135 Å². The number of nitrogens with zero attached hydrogens (tertiary/aromatic N) is 6. The first-order valence-corrected chi connectivity index (χ1v) is 12.2. The van der Waals surface area contributed by atoms with E-state index in [1.54, 1.807) is 12.1 Å². The van der Waals surface area contributed by atoms with Crippen LogP contribution in [-0.2, 0) is 4.84 Å². The van der Waals surface area contributed by atoms with Crippen LogP contribution in [0.5, 0.6) is 11.6 Å². The van der Waals surface area contributed by atoms with Crippen molar-refractivity contribution >= 4 is 29.7 Å². The molecular formula is C23H25N7O4S. The Morgan fingerprint density at radius 2 is 2.03 bits per heavy atom. The van der Waals surface area contributed by atoms with Crippen molar-refractivity contribution in [2.75, 3.05) is 18.0 Å². The molecule has 11 nitrogen and oxygen atoms in total. The minimum atomic E-state index is -1.14. The Morgan fingerprint density at radius 3 is 2.63 bits per heavy atom. The molecule has 0 amide bonds. The largest absolute Gasteiger partial charge is 0.477 e. The van der Waals surface area contributed by atoms with Gasteiger partial charge in [0.1, 0.15) is 17.8 Å². The van der Waals surface area contributed by atoms with Crippen LogP contribution in [0.25, 0.3) is 11.3 Å². The van der Waals surface area contributed by atoms with Crippen LogP contribution in [0.1, 0.15) is 37.0 Å². The van der Waals surface area contributed by atoms with E-state index in [-0.39, 0.29) is 23.3 Å². The highest BCUT2D eigenvalue weighted by Crippen LogP contribution is 2.39. The first kappa shape index (κ1) is 23.1. The van der Waals surface area contributed by atoms with Crippen LogP contribution in [0.2, 0.25) is 0 Å². The summed E-state index contributed by atoms with van der Waals surface area (Å²) in [5, 5.41) is 15.9. The number of ether oxygens (including phenoxy) is 1. The molecule has 1 saturated heterocycles. The van der Waals surface area contributed by atoms with E-state index in [0.29, 0.717) is 24.7 Å². The van der Waals surface area contributed by atoms with Gasteiger partial charge in [0, 0.05) is 30.0 Å². The van der Waals surface area contributed by atoms with Gasteiger partial charge in [0.2, 0.25) is 5.88 Å². The lowest BCUT2D eigenvalue weighted by Crippen LogP contribution is -2.54. The van der Waals surface area contributed by atoms with Crippen LogP contribution in [0.15, 0.2) is 41.0 Å². The summed E-state index contributed by atoms with van der Waals surface area (Å²) in [4.78, 5) is 32.5. The zero-order chi connectivity index (χ0) is 24.4. The quantitative estimate of drug-likeness (QED) is 0.500. The Morgan fingerprint density at radius 1 is 1.26 bits per heavy atom. The monoisotopic (exact) mass is 495 g/mol. The van der Waals surface area contributed by atoms with Crippen molar-refractivity contribution in [2.45, 2.75) is 32.4 Å². The fourth-order valence-corrected chi connectivity index (χ4v) is 5.15. The summed E-state index contributed by atoms with van der Waals surface area (Å²) >= 11 is 1.27. The molecule has 5 rings (SSSR count). The molecule has 0 spiro atoms. The molecule has 1 fully saturated rings. The van der Waals surface area contributed by atoms with Crippen molar-refractivity contribution in [1.29, 1.82) is 0 Å². The zero-order valence-electron chi connectivity index (χ0n) is 19.3. The van der Waals surface area contributed by atoms with Gasteiger partial charge in [-0.3, -0.25) is 0 Å². The standard InChI is InChI=1S/C23H25N7O4S/c1-14(2)23(26-13-33-28-23)16-7-9-30(10-8-16)20-19(22(31)32)21(25-12-24-20)34-17-5-3-15(4-6-17)18-11-35-29-27-18/h3-6,11-14,16,28H,7-10H2,1-2H3,(H,31,32). The highest BCUT2D eigenvalue weighted by atomic mass is 32.1. The van der Waals surface area contributed by atoms with Crippen LogP contribution in [0.4, 0.5) is 5.82 Å². The van der Waals surface area contributed by atoms with Crippen molar-refractivity contribution < 1.29 is 19.5 Å². The third kappa shape index (κ3) is 4.42. The van der Waals surface area contributed by atoms with E-state index < -0.39 is 11.6 Å². The number of rotatable bonds is 7. The molecular weight excluding hydrogens is 470 g/mol. The first-order chi connectivity index (χ1) is 17.0. The SMILES string of the molecule is CC(C)C1(C2CCN(c3ncnc(Oc4ccc(-c5csnn5)cc4)c3C(=O)O)CC2)N=CON1. The second-order valence-corrected chi connectivity index (χ2v) is 9.40. The predicted molar refractivity (Wildman–Crippen MR) is 130 cm³/mol. The number of nitrogens with one attached hydrogen (secondary N) is 1. The minimum Gasteiger partial charge on any atom is -0.477 e. The van der Waals surface area contributed by atoms with E-state index in [1.807, 2.05) is 22.4 Å². The van der Waals surface area contributed by atoms with E-state index in [2.05, 4.69) is 43.9 Å². The van der Waals surface area contributed by atoms with Gasteiger partial charge in [-0.25, -0.2) is 19.8 Å². The summed E-state index contributed by atoms with van der Waals surface area (Å²) in [5.41, 5.74) is 4.22. The summed E-state index contributed by atoms with van der Waals surface area (Å²) in [5.74, 6) is 0.161. The average Bonchev–Trinajstić information content (AvgIpc) is 3.58. The van der Waals surface area contributed by atoms with Crippen molar-refractivity contribution in [3.8, 4) is 22.9 Å². The number of hydrogen-bond donors (Lipinski definition) is 2. The molecule has 0 bridgehead atoms. The Bertz CT molecular complexity index is 1210. The summed E-state index contributed by atoms with van der Waals surface area (Å²) < 4.78 is 9.76. The molecule has 4 heterocycles. The summed E-state index contributed by atoms with van der Waals surface area (Å²) in [6, 6.07) is 7.17. The van der Waals surface area contributed by atoms with Crippen LogP contribution in [0, 0.1) is 11.8 Å². The molecule has 2 aliphatic heterocycles. The number of anilines is 1. The normalized spacial score (nSPS) is 20.3. The van der Waals surface area contributed by atoms with Gasteiger partial charge < -0.3 is 19.6 Å². The molecule has 1 atom stereocenters. The number of aliphatic imine (C=N–C) groups is 1. The van der Waals surface area contributed by atoms with E-state index >= 15 is 0 Å². The van der Waals surface area contributed by atoms with E-state index in [4.69, 9.17) is 9.57 Å². The molecule has 3 aromatic rings. The molecule has 182 valence electrons. The van der Waals surface area contributed by atoms with E-state index in [9.17, 15) is 9.90 Å². The Hall–Kier alpha value is -3.64. The van der Waals surface area contributed by atoms with Crippen LogP contribution in [-0.4, -0.2) is 55.8 Å². The molecule has 2 aliphatic rings. The molecule has 0 radical (unpaired) electrons.